The van der Waals surface area contributed by atoms with E-state index < -0.39 is 10.0 Å². The number of carbonyl (C=O) groups is 1. The smallest absolute Gasteiger partial charge is 0.243 e. The van der Waals surface area contributed by atoms with Crippen LogP contribution >= 0.6 is 0 Å². The van der Waals surface area contributed by atoms with Crippen LogP contribution in [0.25, 0.3) is 0 Å². The average Bonchev–Trinajstić information content (AvgIpc) is 2.66. The number of rotatable bonds is 2. The normalized spacial score (nSPS) is 27.1. The van der Waals surface area contributed by atoms with Gasteiger partial charge in [0.1, 0.15) is 0 Å². The summed E-state index contributed by atoms with van der Waals surface area (Å²) in [4.78, 5) is 16.2. The van der Waals surface area contributed by atoms with Crippen molar-refractivity contribution in [1.29, 1.82) is 0 Å². The number of amides is 1. The second kappa shape index (κ2) is 7.16. The van der Waals surface area contributed by atoms with Gasteiger partial charge in [-0.25, -0.2) is 8.42 Å². The molecule has 2 atom stereocenters. The van der Waals surface area contributed by atoms with E-state index >= 15 is 0 Å². The maximum Gasteiger partial charge on any atom is 0.243 e. The van der Waals surface area contributed by atoms with Crippen LogP contribution in [0.5, 0.6) is 0 Å². The molecule has 0 bridgehead atoms. The van der Waals surface area contributed by atoms with E-state index in [0.29, 0.717) is 43.8 Å². The molecule has 3 aliphatic rings. The van der Waals surface area contributed by atoms with Crippen LogP contribution in [-0.2, 0) is 26.0 Å². The Morgan fingerprint density at radius 3 is 2.78 bits per heavy atom. The summed E-state index contributed by atoms with van der Waals surface area (Å²) in [5.74, 6) is -0.00547. The molecule has 4 rings (SSSR count). The molecule has 0 spiro atoms. The van der Waals surface area contributed by atoms with E-state index in [-0.39, 0.29) is 11.9 Å². The summed E-state index contributed by atoms with van der Waals surface area (Å²) in [6.07, 6.45) is 1.65. The molecule has 2 saturated heterocycles. The third-order valence-electron chi connectivity index (χ3n) is 5.91. The van der Waals surface area contributed by atoms with Crippen LogP contribution in [0.15, 0.2) is 23.1 Å². The van der Waals surface area contributed by atoms with E-state index in [4.69, 9.17) is 4.74 Å². The van der Waals surface area contributed by atoms with Crippen molar-refractivity contribution in [1.82, 2.24) is 9.21 Å². The SMILES string of the molecule is CC(=O)N1CCCc2cc(S(=O)(=O)N3CCN4[C@@H](COC[C@@H]4C)C3)ccc21. The largest absolute Gasteiger partial charge is 0.378 e. The van der Waals surface area contributed by atoms with Crippen LogP contribution in [0.2, 0.25) is 0 Å². The molecule has 7 nitrogen and oxygen atoms in total. The first kappa shape index (κ1) is 18.9. The lowest BCUT2D eigenvalue weighted by molar-refractivity contribution is -0.116. The molecule has 0 unspecified atom stereocenters. The zero-order valence-corrected chi connectivity index (χ0v) is 16.7. The number of nitrogens with zero attached hydrogens (tertiary/aromatic N) is 3. The third kappa shape index (κ3) is 3.40. The van der Waals surface area contributed by atoms with E-state index in [1.165, 1.54) is 0 Å². The molecule has 0 aromatic heterocycles. The summed E-state index contributed by atoms with van der Waals surface area (Å²) >= 11 is 0. The zero-order chi connectivity index (χ0) is 19.2. The summed E-state index contributed by atoms with van der Waals surface area (Å²) in [5, 5.41) is 0. The lowest BCUT2D eigenvalue weighted by Gasteiger charge is -2.46. The Bertz CT molecular complexity index is 841. The number of sulfonamides is 1. The molecule has 0 radical (unpaired) electrons. The molecule has 148 valence electrons. The molecule has 2 fully saturated rings. The number of aryl methyl sites for hydroxylation is 1. The first-order valence-corrected chi connectivity index (χ1v) is 11.1. The van der Waals surface area contributed by atoms with Crippen molar-refractivity contribution in [3.05, 3.63) is 23.8 Å². The maximum atomic E-state index is 13.2. The van der Waals surface area contributed by atoms with Crippen molar-refractivity contribution in [2.75, 3.05) is 44.3 Å². The van der Waals surface area contributed by atoms with Crippen molar-refractivity contribution < 1.29 is 17.9 Å². The summed E-state index contributed by atoms with van der Waals surface area (Å²) in [7, 11) is -3.55. The van der Waals surface area contributed by atoms with Gasteiger partial charge in [-0.1, -0.05) is 0 Å². The van der Waals surface area contributed by atoms with Gasteiger partial charge in [-0.15, -0.1) is 0 Å². The van der Waals surface area contributed by atoms with Gasteiger partial charge in [0.2, 0.25) is 15.9 Å². The van der Waals surface area contributed by atoms with Crippen molar-refractivity contribution >= 4 is 21.6 Å². The highest BCUT2D eigenvalue weighted by atomic mass is 32.2. The molecule has 1 aromatic rings. The zero-order valence-electron chi connectivity index (χ0n) is 15.9. The first-order chi connectivity index (χ1) is 12.9. The molecule has 3 aliphatic heterocycles. The van der Waals surface area contributed by atoms with Crippen LogP contribution in [0.3, 0.4) is 0 Å². The number of carbonyl (C=O) groups excluding carboxylic acids is 1. The number of piperazine rings is 1. The Morgan fingerprint density at radius 2 is 2.00 bits per heavy atom. The summed E-state index contributed by atoms with van der Waals surface area (Å²) in [6, 6.07) is 5.62. The van der Waals surface area contributed by atoms with Crippen molar-refractivity contribution in [2.24, 2.45) is 0 Å². The fraction of sp³-hybridized carbons (Fsp3) is 0.632. The molecule has 27 heavy (non-hydrogen) atoms. The average molecular weight is 394 g/mol. The van der Waals surface area contributed by atoms with E-state index in [0.717, 1.165) is 30.6 Å². The fourth-order valence-electron chi connectivity index (χ4n) is 4.47. The predicted octanol–water partition coefficient (Wildman–Crippen LogP) is 1.08. The minimum atomic E-state index is -3.55. The first-order valence-electron chi connectivity index (χ1n) is 9.62. The number of hydrogen-bond donors (Lipinski definition) is 0. The number of anilines is 1. The quantitative estimate of drug-likeness (QED) is 0.752. The van der Waals surface area contributed by atoms with E-state index in [1.54, 1.807) is 34.3 Å². The Labute approximate surface area is 160 Å². The second-order valence-electron chi connectivity index (χ2n) is 7.71. The van der Waals surface area contributed by atoms with Gasteiger partial charge in [0.15, 0.2) is 0 Å². The van der Waals surface area contributed by atoms with Gasteiger partial charge in [0, 0.05) is 50.9 Å². The van der Waals surface area contributed by atoms with Crippen LogP contribution in [-0.4, -0.2) is 75.0 Å². The summed E-state index contributed by atoms with van der Waals surface area (Å²) in [6.45, 7) is 7.35. The molecular formula is C19H27N3O4S. The van der Waals surface area contributed by atoms with Crippen LogP contribution in [0.4, 0.5) is 5.69 Å². The third-order valence-corrected chi connectivity index (χ3v) is 7.78. The van der Waals surface area contributed by atoms with Gasteiger partial charge in [-0.3, -0.25) is 9.69 Å². The summed E-state index contributed by atoms with van der Waals surface area (Å²) in [5.41, 5.74) is 1.78. The van der Waals surface area contributed by atoms with Gasteiger partial charge < -0.3 is 9.64 Å². The number of ether oxygens (including phenoxy) is 1. The maximum absolute atomic E-state index is 13.2. The Hall–Kier alpha value is -1.48. The van der Waals surface area contributed by atoms with Crippen LogP contribution in [0, 0.1) is 0 Å². The second-order valence-corrected chi connectivity index (χ2v) is 9.64. The standard InChI is InChI=1S/C19H27N3O4S/c1-14-12-26-13-17-11-20(8-9-21(14)17)27(24,25)18-5-6-19-16(10-18)4-3-7-22(19)15(2)23/h5-6,10,14,17H,3-4,7-9,11-13H2,1-2H3/t14-,17+/m0/s1. The predicted molar refractivity (Wildman–Crippen MR) is 102 cm³/mol. The molecule has 0 N–H and O–H groups in total. The van der Waals surface area contributed by atoms with Gasteiger partial charge in [-0.05, 0) is 43.5 Å². The van der Waals surface area contributed by atoms with Crippen molar-refractivity contribution in [2.45, 2.75) is 43.7 Å². The molecule has 0 saturated carbocycles. The fourth-order valence-corrected chi connectivity index (χ4v) is 5.99. The number of hydrogen-bond acceptors (Lipinski definition) is 5. The summed E-state index contributed by atoms with van der Waals surface area (Å²) < 4.78 is 33.7. The lowest BCUT2D eigenvalue weighted by atomic mass is 10.0. The van der Waals surface area contributed by atoms with Gasteiger partial charge in [-0.2, -0.15) is 4.31 Å². The van der Waals surface area contributed by atoms with Crippen LogP contribution < -0.4 is 4.90 Å². The minimum absolute atomic E-state index is 0.00547. The Morgan fingerprint density at radius 1 is 1.19 bits per heavy atom. The van der Waals surface area contributed by atoms with Gasteiger partial charge in [0.05, 0.1) is 18.1 Å². The minimum Gasteiger partial charge on any atom is -0.378 e. The lowest BCUT2D eigenvalue weighted by Crippen LogP contribution is -2.61. The highest BCUT2D eigenvalue weighted by molar-refractivity contribution is 7.89. The van der Waals surface area contributed by atoms with Gasteiger partial charge in [0.25, 0.3) is 0 Å². The Balaban J connectivity index is 1.58. The number of fused-ring (bicyclic) bond motifs is 2. The molecule has 1 aromatic carbocycles. The van der Waals surface area contributed by atoms with E-state index in [9.17, 15) is 13.2 Å². The molecule has 1 amide bonds. The highest BCUT2D eigenvalue weighted by Gasteiger charge is 2.38. The Kier molecular flexibility index (Phi) is 5.00. The number of morpholine rings is 1. The molecule has 3 heterocycles. The van der Waals surface area contributed by atoms with Crippen LogP contribution in [0.1, 0.15) is 25.8 Å². The van der Waals surface area contributed by atoms with Crippen molar-refractivity contribution in [3.63, 3.8) is 0 Å². The monoisotopic (exact) mass is 393 g/mol. The molecule has 0 aliphatic carbocycles. The molecular weight excluding hydrogens is 366 g/mol. The van der Waals surface area contributed by atoms with Crippen molar-refractivity contribution in [3.8, 4) is 0 Å². The molecule has 8 heteroatoms. The topological polar surface area (TPSA) is 70.2 Å². The van der Waals surface area contributed by atoms with E-state index in [2.05, 4.69) is 11.8 Å². The highest BCUT2D eigenvalue weighted by Crippen LogP contribution is 2.31. The van der Waals surface area contributed by atoms with Gasteiger partial charge >= 0.3 is 0 Å². The number of benzene rings is 1. The van der Waals surface area contributed by atoms with E-state index in [1.807, 2.05) is 0 Å².